The lowest BCUT2D eigenvalue weighted by Gasteiger charge is -2.09. The average molecular weight is 449 g/mol. The van der Waals surface area contributed by atoms with Gasteiger partial charge in [-0.25, -0.2) is 0 Å². The van der Waals surface area contributed by atoms with Crippen molar-refractivity contribution >= 4 is 39.4 Å². The smallest absolute Gasteiger partial charge is 0.269 e. The molecule has 0 saturated carbocycles. The zero-order chi connectivity index (χ0) is 20.5. The number of methoxy groups -OCH3 is 1. The number of nitrogens with one attached hydrogen (secondary N) is 1. The van der Waals surface area contributed by atoms with Crippen LogP contribution in [0.15, 0.2) is 74.7 Å². The van der Waals surface area contributed by atoms with E-state index in [1.807, 2.05) is 48.5 Å². The van der Waals surface area contributed by atoms with E-state index in [4.69, 9.17) is 4.74 Å². The van der Waals surface area contributed by atoms with E-state index in [-0.39, 0.29) is 10.7 Å². The molecule has 5 nitrogen and oxygen atoms in total. The van der Waals surface area contributed by atoms with Gasteiger partial charge in [0.15, 0.2) is 0 Å². The summed E-state index contributed by atoms with van der Waals surface area (Å²) in [5.74, 6) is 0.580. The monoisotopic (exact) mass is 448 g/mol. The summed E-state index contributed by atoms with van der Waals surface area (Å²) in [4.78, 5) is 28.6. The summed E-state index contributed by atoms with van der Waals surface area (Å²) in [7, 11) is 1.56. The lowest BCUT2D eigenvalue weighted by Crippen LogP contribution is -2.52. The Hall–Kier alpha value is -3.38. The van der Waals surface area contributed by atoms with Crippen LogP contribution in [-0.4, -0.2) is 16.7 Å². The Labute approximate surface area is 174 Å². The predicted octanol–water partition coefficient (Wildman–Crippen LogP) is 2.69. The van der Waals surface area contributed by atoms with Gasteiger partial charge < -0.3 is 9.72 Å². The molecule has 0 unspecified atom stereocenters. The second-order valence-corrected chi connectivity index (χ2v) is 7.39. The molecule has 0 aliphatic rings. The Balaban J connectivity index is 2.09. The van der Waals surface area contributed by atoms with Crippen LogP contribution < -0.4 is 26.6 Å². The van der Waals surface area contributed by atoms with Gasteiger partial charge in [0, 0.05) is 10.0 Å². The number of aromatic nitrogens is 2. The van der Waals surface area contributed by atoms with Crippen LogP contribution >= 0.6 is 15.9 Å². The molecule has 3 aromatic carbocycles. The van der Waals surface area contributed by atoms with Crippen LogP contribution in [0.3, 0.4) is 0 Å². The summed E-state index contributed by atoms with van der Waals surface area (Å²) in [5.41, 5.74) is 0.551. The maximum Gasteiger partial charge on any atom is 0.269 e. The number of aromatic amines is 1. The molecule has 0 aliphatic heterocycles. The van der Waals surface area contributed by atoms with E-state index < -0.39 is 11.1 Å². The molecule has 0 aliphatic carbocycles. The molecule has 0 amide bonds. The molecule has 1 heterocycles. The van der Waals surface area contributed by atoms with Crippen LogP contribution in [0.5, 0.6) is 5.75 Å². The molecule has 1 aromatic heterocycles. The van der Waals surface area contributed by atoms with Crippen molar-refractivity contribution in [3.63, 3.8) is 0 Å². The fraction of sp³-hybridized carbons (Fsp3) is 0.0435. The van der Waals surface area contributed by atoms with E-state index in [9.17, 15) is 9.59 Å². The third-order valence-corrected chi connectivity index (χ3v) is 5.26. The molecule has 29 heavy (non-hydrogen) atoms. The molecular formula is C23H17BrN2O3. The third kappa shape index (κ3) is 3.43. The molecule has 6 heteroatoms. The molecule has 4 rings (SSSR count). The Morgan fingerprint density at radius 3 is 2.48 bits per heavy atom. The molecule has 0 spiro atoms. The first-order chi connectivity index (χ1) is 14.0. The highest BCUT2D eigenvalue weighted by Gasteiger charge is 2.10. The van der Waals surface area contributed by atoms with Crippen molar-refractivity contribution in [2.75, 3.05) is 7.11 Å². The maximum atomic E-state index is 13.3. The largest absolute Gasteiger partial charge is 0.496 e. The molecule has 1 N–H and O–H groups in total. The minimum atomic E-state index is -0.497. The maximum absolute atomic E-state index is 13.3. The lowest BCUT2D eigenvalue weighted by atomic mass is 10.0. The highest BCUT2D eigenvalue weighted by Crippen LogP contribution is 2.28. The number of rotatable bonds is 3. The Morgan fingerprint density at radius 2 is 1.76 bits per heavy atom. The number of benzene rings is 3. The van der Waals surface area contributed by atoms with Crippen molar-refractivity contribution in [3.05, 3.63) is 102 Å². The van der Waals surface area contributed by atoms with Gasteiger partial charge in [0.25, 0.3) is 11.1 Å². The Morgan fingerprint density at radius 1 is 1.03 bits per heavy atom. The van der Waals surface area contributed by atoms with Crippen molar-refractivity contribution in [1.82, 2.24) is 9.55 Å². The van der Waals surface area contributed by atoms with Gasteiger partial charge in [-0.3, -0.25) is 14.2 Å². The van der Waals surface area contributed by atoms with E-state index in [1.165, 1.54) is 4.57 Å². The quantitative estimate of drug-likeness (QED) is 0.523. The first kappa shape index (κ1) is 19.0. The van der Waals surface area contributed by atoms with Gasteiger partial charge in [0.1, 0.15) is 16.4 Å². The minimum absolute atomic E-state index is 0.00923. The second-order valence-electron chi connectivity index (χ2n) is 6.48. The lowest BCUT2D eigenvalue weighted by molar-refractivity contribution is 0.414. The molecule has 0 bridgehead atoms. The van der Waals surface area contributed by atoms with Crippen molar-refractivity contribution in [3.8, 4) is 11.4 Å². The van der Waals surface area contributed by atoms with Gasteiger partial charge in [0.2, 0.25) is 0 Å². The van der Waals surface area contributed by atoms with Crippen LogP contribution in [0.25, 0.3) is 29.1 Å². The van der Waals surface area contributed by atoms with Gasteiger partial charge in [-0.1, -0.05) is 52.8 Å². The van der Waals surface area contributed by atoms with Crippen LogP contribution in [0.2, 0.25) is 0 Å². The van der Waals surface area contributed by atoms with E-state index in [2.05, 4.69) is 27.5 Å². The minimum Gasteiger partial charge on any atom is -0.496 e. The van der Waals surface area contributed by atoms with Crippen LogP contribution in [-0.2, 0) is 0 Å². The SMILES string of the molecule is C=c1[nH]c(=O)/c(=C/c2c(OC)ccc3ccccc23)c(=O)n1-c1ccc(Br)cc1. The standard InChI is InChI=1S/C23H17BrN2O3/c1-14-25-22(27)20(23(28)26(14)17-10-8-16(24)9-11-17)13-19-18-6-4-3-5-15(18)7-12-21(19)29-2/h3-13H,1H2,2H3,(H,25,27)/b20-13-. The van der Waals surface area contributed by atoms with Crippen LogP contribution in [0.1, 0.15) is 5.56 Å². The van der Waals surface area contributed by atoms with E-state index in [0.29, 0.717) is 17.0 Å². The molecule has 0 atom stereocenters. The first-order valence-electron chi connectivity index (χ1n) is 8.87. The normalized spacial score (nSPS) is 11.7. The van der Waals surface area contributed by atoms with Gasteiger partial charge in [-0.2, -0.15) is 0 Å². The number of ether oxygens (including phenoxy) is 1. The summed E-state index contributed by atoms with van der Waals surface area (Å²) in [5, 5.41) is 1.88. The van der Waals surface area contributed by atoms with E-state index >= 15 is 0 Å². The predicted molar refractivity (Wildman–Crippen MR) is 119 cm³/mol. The molecule has 0 saturated heterocycles. The topological polar surface area (TPSA) is 64.1 Å². The number of hydrogen-bond acceptors (Lipinski definition) is 3. The van der Waals surface area contributed by atoms with Crippen molar-refractivity contribution < 1.29 is 4.74 Å². The van der Waals surface area contributed by atoms with Crippen molar-refractivity contribution in [2.24, 2.45) is 0 Å². The zero-order valence-corrected chi connectivity index (χ0v) is 17.2. The number of H-pyrrole nitrogens is 1. The fourth-order valence-corrected chi connectivity index (χ4v) is 3.60. The second kappa shape index (κ2) is 7.56. The molecular weight excluding hydrogens is 432 g/mol. The summed E-state index contributed by atoms with van der Waals surface area (Å²) in [6.07, 6.45) is 1.58. The summed E-state index contributed by atoms with van der Waals surface area (Å²) >= 11 is 3.38. The highest BCUT2D eigenvalue weighted by atomic mass is 79.9. The van der Waals surface area contributed by atoms with Gasteiger partial charge >= 0.3 is 0 Å². The fourth-order valence-electron chi connectivity index (χ4n) is 3.33. The molecule has 4 aromatic rings. The first-order valence-corrected chi connectivity index (χ1v) is 9.66. The van der Waals surface area contributed by atoms with E-state index in [0.717, 1.165) is 15.2 Å². The number of halogens is 1. The number of fused-ring (bicyclic) bond motifs is 1. The van der Waals surface area contributed by atoms with Gasteiger partial charge in [-0.15, -0.1) is 0 Å². The van der Waals surface area contributed by atoms with Crippen molar-refractivity contribution in [2.45, 2.75) is 0 Å². The summed E-state index contributed by atoms with van der Waals surface area (Å²) in [6.45, 7) is 3.83. The Kier molecular flexibility index (Phi) is 4.94. The van der Waals surface area contributed by atoms with Crippen LogP contribution in [0, 0.1) is 0 Å². The van der Waals surface area contributed by atoms with Crippen molar-refractivity contribution in [1.29, 1.82) is 0 Å². The molecule has 0 radical (unpaired) electrons. The zero-order valence-electron chi connectivity index (χ0n) is 15.6. The van der Waals surface area contributed by atoms with Gasteiger partial charge in [-0.05, 0) is 47.2 Å². The van der Waals surface area contributed by atoms with E-state index in [1.54, 1.807) is 25.3 Å². The number of nitrogens with zero attached hydrogens (tertiary/aromatic N) is 1. The summed E-state index contributed by atoms with van der Waals surface area (Å²) in [6, 6.07) is 18.7. The molecule has 0 fully saturated rings. The van der Waals surface area contributed by atoms with Crippen LogP contribution in [0.4, 0.5) is 0 Å². The Bertz CT molecular complexity index is 1450. The average Bonchev–Trinajstić information content (AvgIpc) is 2.72. The van der Waals surface area contributed by atoms with Gasteiger partial charge in [0.05, 0.1) is 12.8 Å². The number of hydrogen-bond donors (Lipinski definition) is 1. The molecule has 144 valence electrons. The highest BCUT2D eigenvalue weighted by molar-refractivity contribution is 9.10. The third-order valence-electron chi connectivity index (χ3n) is 4.73. The summed E-state index contributed by atoms with van der Waals surface area (Å²) < 4.78 is 7.76.